The number of hydrogen-bond donors (Lipinski definition) is 1. The number of nitrogens with zero attached hydrogens (tertiary/aromatic N) is 1. The molecule has 1 heterocycles. The molecule has 178 valence electrons. The second kappa shape index (κ2) is 10.9. The number of rotatable bonds is 7. The lowest BCUT2D eigenvalue weighted by Crippen LogP contribution is -2.37. The Kier molecular flexibility index (Phi) is 7.73. The van der Waals surface area contributed by atoms with Gasteiger partial charge in [-0.05, 0) is 55.9 Å². The Labute approximate surface area is 205 Å². The lowest BCUT2D eigenvalue weighted by molar-refractivity contribution is -0.413. The van der Waals surface area contributed by atoms with E-state index in [0.717, 1.165) is 30.5 Å². The van der Waals surface area contributed by atoms with Crippen molar-refractivity contribution in [3.8, 4) is 11.5 Å². The third kappa shape index (κ3) is 5.36. The highest BCUT2D eigenvalue weighted by Crippen LogP contribution is 2.35. The van der Waals surface area contributed by atoms with Gasteiger partial charge in [0.1, 0.15) is 17.2 Å². The molecule has 6 nitrogen and oxygen atoms in total. The molecule has 2 aliphatic carbocycles. The van der Waals surface area contributed by atoms with Crippen LogP contribution >= 0.6 is 11.8 Å². The molecule has 1 aliphatic heterocycles. The number of fused-ring (bicyclic) bond motifs is 1. The summed E-state index contributed by atoms with van der Waals surface area (Å²) in [7, 11) is 4.94. The van der Waals surface area contributed by atoms with Crippen LogP contribution in [-0.2, 0) is 9.59 Å². The molecule has 0 spiro atoms. The van der Waals surface area contributed by atoms with Crippen LogP contribution in [0.5, 0.6) is 11.5 Å². The number of ether oxygens (including phenoxy) is 2. The molecule has 1 N–H and O–H groups in total. The predicted octanol–water partition coefficient (Wildman–Crippen LogP) is 4.27. The summed E-state index contributed by atoms with van der Waals surface area (Å²) < 4.78 is 12.3. The number of allylic oxidation sites excluding steroid dienone is 2. The van der Waals surface area contributed by atoms with Crippen LogP contribution in [0, 0.1) is 0 Å². The van der Waals surface area contributed by atoms with E-state index in [1.54, 1.807) is 25.8 Å². The van der Waals surface area contributed by atoms with Crippen LogP contribution in [0.15, 0.2) is 58.6 Å². The molecule has 2 amide bonds. The zero-order valence-electron chi connectivity index (χ0n) is 19.9. The molecule has 0 radical (unpaired) electrons. The first-order valence-electron chi connectivity index (χ1n) is 11.6. The van der Waals surface area contributed by atoms with Gasteiger partial charge in [-0.3, -0.25) is 4.79 Å². The van der Waals surface area contributed by atoms with Crippen LogP contribution in [-0.4, -0.2) is 55.2 Å². The number of benzene rings is 1. The third-order valence-electron chi connectivity index (χ3n) is 6.29. The normalized spacial score (nSPS) is 21.1. The van der Waals surface area contributed by atoms with Crippen molar-refractivity contribution in [1.82, 2.24) is 5.32 Å². The first kappa shape index (κ1) is 24.1. The van der Waals surface area contributed by atoms with Crippen molar-refractivity contribution >= 4 is 35.4 Å². The van der Waals surface area contributed by atoms with Crippen LogP contribution in [0.3, 0.4) is 0 Å². The fourth-order valence-corrected chi connectivity index (χ4v) is 5.56. The lowest BCUT2D eigenvalue weighted by atomic mass is 9.97. The van der Waals surface area contributed by atoms with Crippen LogP contribution in [0.25, 0.3) is 6.08 Å². The maximum atomic E-state index is 13.1. The van der Waals surface area contributed by atoms with Gasteiger partial charge in [0.25, 0.3) is 5.91 Å². The molecule has 0 saturated carbocycles. The average Bonchev–Trinajstić information content (AvgIpc) is 2.87. The van der Waals surface area contributed by atoms with E-state index in [9.17, 15) is 9.59 Å². The number of nitrogens with one attached hydrogen (secondary N) is 1. The maximum Gasteiger partial charge on any atom is 0.425 e. The molecule has 0 bridgehead atoms. The molecule has 1 aromatic rings. The summed E-state index contributed by atoms with van der Waals surface area (Å²) >= 11 is 1.49. The van der Waals surface area contributed by atoms with Gasteiger partial charge in [0, 0.05) is 18.2 Å². The maximum absolute atomic E-state index is 13.1. The van der Waals surface area contributed by atoms with E-state index in [1.165, 1.54) is 30.2 Å². The monoisotopic (exact) mass is 479 g/mol. The van der Waals surface area contributed by atoms with Gasteiger partial charge in [0.15, 0.2) is 11.5 Å². The number of thioether (sulfide) groups is 1. The second-order valence-corrected chi connectivity index (χ2v) is 9.71. The van der Waals surface area contributed by atoms with Crippen LogP contribution in [0.4, 0.5) is 0 Å². The third-order valence-corrected chi connectivity index (χ3v) is 7.49. The SMILES string of the molecule is COc1ccc(/C=C2\SC3C=CC(C(=O)NCCC4=CCCCC4)=CC3=[N+](C)C2=O)cc1OC. The number of amides is 2. The Bertz CT molecular complexity index is 1140. The molecule has 1 atom stereocenters. The number of methoxy groups -OCH3 is 2. The van der Waals surface area contributed by atoms with Gasteiger partial charge < -0.3 is 14.8 Å². The predicted molar refractivity (Wildman–Crippen MR) is 137 cm³/mol. The van der Waals surface area contributed by atoms with E-state index >= 15 is 0 Å². The topological polar surface area (TPSA) is 67.6 Å². The average molecular weight is 480 g/mol. The summed E-state index contributed by atoms with van der Waals surface area (Å²) in [5, 5.41) is 3.00. The van der Waals surface area contributed by atoms with E-state index in [1.807, 2.05) is 42.5 Å². The highest BCUT2D eigenvalue weighted by Gasteiger charge is 2.38. The van der Waals surface area contributed by atoms with E-state index in [2.05, 4.69) is 11.4 Å². The fraction of sp³-hybridized carbons (Fsp3) is 0.370. The van der Waals surface area contributed by atoms with Crippen molar-refractivity contribution in [2.75, 3.05) is 27.8 Å². The standard InChI is InChI=1S/C27H30N2O4S/c1-29-21-17-20(26(30)28-14-13-18-7-5-4-6-8-18)10-12-24(21)34-25(27(29)31)16-19-9-11-22(32-2)23(15-19)33-3/h7,9-12,15-17,24H,4-6,8,13-14H2,1-3H3/p+1/b25-16-. The van der Waals surface area contributed by atoms with E-state index < -0.39 is 0 Å². The number of likely N-dealkylation sites (N-methyl/N-ethyl adjacent to an activating group) is 1. The molecular weight excluding hydrogens is 448 g/mol. The number of hydrogen-bond acceptors (Lipinski definition) is 5. The lowest BCUT2D eigenvalue weighted by Gasteiger charge is -2.21. The van der Waals surface area contributed by atoms with Crippen LogP contribution in [0.1, 0.15) is 37.7 Å². The zero-order valence-corrected chi connectivity index (χ0v) is 20.7. The van der Waals surface area contributed by atoms with Gasteiger partial charge in [-0.2, -0.15) is 4.58 Å². The highest BCUT2D eigenvalue weighted by atomic mass is 32.2. The molecule has 0 saturated heterocycles. The van der Waals surface area contributed by atoms with Gasteiger partial charge in [-0.1, -0.05) is 41.6 Å². The molecule has 3 aliphatic rings. The second-order valence-electron chi connectivity index (χ2n) is 8.52. The molecule has 1 aromatic carbocycles. The molecule has 7 heteroatoms. The number of carbonyl (C=O) groups excluding carboxylic acids is 2. The summed E-state index contributed by atoms with van der Waals surface area (Å²) in [4.78, 5) is 26.4. The Morgan fingerprint density at radius 2 is 2.06 bits per heavy atom. The first-order chi connectivity index (χ1) is 16.5. The Balaban J connectivity index is 1.47. The Morgan fingerprint density at radius 1 is 1.24 bits per heavy atom. The van der Waals surface area contributed by atoms with Crippen LogP contribution in [0.2, 0.25) is 0 Å². The zero-order chi connectivity index (χ0) is 24.1. The molecule has 0 aromatic heterocycles. The molecule has 1 unspecified atom stereocenters. The van der Waals surface area contributed by atoms with E-state index in [-0.39, 0.29) is 17.1 Å². The van der Waals surface area contributed by atoms with Gasteiger partial charge in [0.05, 0.1) is 14.2 Å². The van der Waals surface area contributed by atoms with Crippen molar-refractivity contribution < 1.29 is 23.6 Å². The Morgan fingerprint density at radius 3 is 2.79 bits per heavy atom. The largest absolute Gasteiger partial charge is 0.493 e. The molecule has 0 fully saturated rings. The van der Waals surface area contributed by atoms with E-state index in [0.29, 0.717) is 28.5 Å². The van der Waals surface area contributed by atoms with Crippen molar-refractivity contribution in [3.05, 3.63) is 64.1 Å². The fourth-order valence-electron chi connectivity index (χ4n) is 4.34. The van der Waals surface area contributed by atoms with Crippen molar-refractivity contribution in [3.63, 3.8) is 0 Å². The van der Waals surface area contributed by atoms with Gasteiger partial charge in [-0.15, -0.1) is 0 Å². The van der Waals surface area contributed by atoms with Gasteiger partial charge in [-0.25, -0.2) is 4.79 Å². The minimum Gasteiger partial charge on any atom is -0.493 e. The summed E-state index contributed by atoms with van der Waals surface area (Å²) in [5.74, 6) is 1.06. The minimum atomic E-state index is -0.101. The molecular formula is C27H31N2O4S+. The summed E-state index contributed by atoms with van der Waals surface area (Å²) in [6.07, 6.45) is 15.6. The van der Waals surface area contributed by atoms with Crippen molar-refractivity contribution in [2.45, 2.75) is 37.4 Å². The highest BCUT2D eigenvalue weighted by molar-refractivity contribution is 8.05. The van der Waals surface area contributed by atoms with Crippen molar-refractivity contribution in [2.24, 2.45) is 0 Å². The summed E-state index contributed by atoms with van der Waals surface area (Å²) in [6.45, 7) is 0.635. The van der Waals surface area contributed by atoms with Crippen molar-refractivity contribution in [1.29, 1.82) is 0 Å². The number of carbonyl (C=O) groups is 2. The quantitative estimate of drug-likeness (QED) is 0.359. The first-order valence-corrected chi connectivity index (χ1v) is 12.5. The Hall–Kier alpha value is -3.06. The van der Waals surface area contributed by atoms with Gasteiger partial charge in [0.2, 0.25) is 5.71 Å². The minimum absolute atomic E-state index is 0.0296. The van der Waals surface area contributed by atoms with Gasteiger partial charge >= 0.3 is 5.91 Å². The van der Waals surface area contributed by atoms with Crippen LogP contribution < -0.4 is 14.8 Å². The molecule has 34 heavy (non-hydrogen) atoms. The smallest absolute Gasteiger partial charge is 0.425 e. The summed E-state index contributed by atoms with van der Waals surface area (Å²) in [6, 6.07) is 5.56. The summed E-state index contributed by atoms with van der Waals surface area (Å²) in [5.41, 5.74) is 3.70. The molecule has 4 rings (SSSR count). The van der Waals surface area contributed by atoms with E-state index in [4.69, 9.17) is 9.47 Å².